The summed E-state index contributed by atoms with van der Waals surface area (Å²) < 4.78 is 20.7. The molecular weight excluding hydrogens is 378 g/mol. The first-order valence-corrected chi connectivity index (χ1v) is 9.27. The molecule has 0 saturated heterocycles. The highest BCUT2D eigenvalue weighted by molar-refractivity contribution is 5.77. The molecular formula is C21H23NO7. The van der Waals surface area contributed by atoms with Crippen LogP contribution in [0.25, 0.3) is 0 Å². The number of carbonyl (C=O) groups excluding carboxylic acids is 2. The summed E-state index contributed by atoms with van der Waals surface area (Å²) in [6.45, 7) is 1.96. The van der Waals surface area contributed by atoms with E-state index in [0.29, 0.717) is 11.5 Å². The maximum absolute atomic E-state index is 12.2. The van der Waals surface area contributed by atoms with E-state index >= 15 is 0 Å². The van der Waals surface area contributed by atoms with Crippen molar-refractivity contribution >= 4 is 12.1 Å². The Morgan fingerprint density at radius 2 is 1.83 bits per heavy atom. The van der Waals surface area contributed by atoms with Crippen LogP contribution in [0.3, 0.4) is 0 Å². The molecule has 0 aliphatic carbocycles. The molecule has 0 bridgehead atoms. The Balaban J connectivity index is 1.66. The molecule has 8 heteroatoms. The van der Waals surface area contributed by atoms with Crippen LogP contribution in [0.1, 0.15) is 18.1 Å². The number of alkyl carbamates (subject to hydrolysis) is 1. The SMILES string of the molecule is CCOC(=O)C(O)C(Cc1ccc2c(c1)OCO2)NC(=O)OCc1ccccc1. The smallest absolute Gasteiger partial charge is 0.407 e. The van der Waals surface area contributed by atoms with Gasteiger partial charge < -0.3 is 29.4 Å². The Morgan fingerprint density at radius 1 is 1.07 bits per heavy atom. The number of amides is 1. The van der Waals surface area contributed by atoms with Gasteiger partial charge in [-0.1, -0.05) is 36.4 Å². The number of benzene rings is 2. The molecule has 0 spiro atoms. The Kier molecular flexibility index (Phi) is 6.91. The fourth-order valence-electron chi connectivity index (χ4n) is 2.87. The van der Waals surface area contributed by atoms with Gasteiger partial charge >= 0.3 is 12.1 Å². The van der Waals surface area contributed by atoms with Crippen molar-refractivity contribution in [2.45, 2.75) is 32.1 Å². The molecule has 0 radical (unpaired) electrons. The molecule has 29 heavy (non-hydrogen) atoms. The number of ether oxygens (including phenoxy) is 4. The maximum Gasteiger partial charge on any atom is 0.407 e. The van der Waals surface area contributed by atoms with Crippen LogP contribution >= 0.6 is 0 Å². The lowest BCUT2D eigenvalue weighted by Crippen LogP contribution is -2.49. The van der Waals surface area contributed by atoms with E-state index in [1.807, 2.05) is 30.3 Å². The summed E-state index contributed by atoms with van der Waals surface area (Å²) >= 11 is 0. The van der Waals surface area contributed by atoms with Gasteiger partial charge in [0.25, 0.3) is 0 Å². The summed E-state index contributed by atoms with van der Waals surface area (Å²) in [7, 11) is 0. The fraction of sp³-hybridized carbons (Fsp3) is 0.333. The van der Waals surface area contributed by atoms with Crippen molar-refractivity contribution in [1.29, 1.82) is 0 Å². The normalized spacial score (nSPS) is 14.0. The van der Waals surface area contributed by atoms with Crippen LogP contribution in [0.2, 0.25) is 0 Å². The predicted octanol–water partition coefficient (Wildman–Crippen LogP) is 2.18. The molecule has 1 aliphatic rings. The van der Waals surface area contributed by atoms with Gasteiger partial charge in [0.05, 0.1) is 12.6 Å². The van der Waals surface area contributed by atoms with Gasteiger partial charge in [-0.15, -0.1) is 0 Å². The average molecular weight is 401 g/mol. The third-order valence-electron chi connectivity index (χ3n) is 4.32. The Labute approximate surface area is 168 Å². The summed E-state index contributed by atoms with van der Waals surface area (Å²) in [6, 6.07) is 13.5. The predicted molar refractivity (Wildman–Crippen MR) is 102 cm³/mol. The first kappa shape index (κ1) is 20.5. The third kappa shape index (κ3) is 5.61. The quantitative estimate of drug-likeness (QED) is 0.654. The molecule has 8 nitrogen and oxygen atoms in total. The second-order valence-electron chi connectivity index (χ2n) is 6.40. The van der Waals surface area contributed by atoms with Crippen molar-refractivity contribution in [3.8, 4) is 11.5 Å². The molecule has 2 N–H and O–H groups in total. The lowest BCUT2D eigenvalue weighted by atomic mass is 10.0. The van der Waals surface area contributed by atoms with E-state index in [4.69, 9.17) is 18.9 Å². The molecule has 3 rings (SSSR count). The second-order valence-corrected chi connectivity index (χ2v) is 6.40. The number of aliphatic hydroxyl groups excluding tert-OH is 1. The van der Waals surface area contributed by atoms with Gasteiger partial charge in [-0.05, 0) is 36.6 Å². The van der Waals surface area contributed by atoms with Crippen LogP contribution in [0.15, 0.2) is 48.5 Å². The van der Waals surface area contributed by atoms with Crippen molar-refractivity contribution in [3.63, 3.8) is 0 Å². The molecule has 0 aromatic heterocycles. The van der Waals surface area contributed by atoms with Crippen LogP contribution in [-0.4, -0.2) is 42.7 Å². The molecule has 1 amide bonds. The van der Waals surface area contributed by atoms with E-state index in [2.05, 4.69) is 5.32 Å². The summed E-state index contributed by atoms with van der Waals surface area (Å²) in [5, 5.41) is 13.0. The summed E-state index contributed by atoms with van der Waals surface area (Å²) in [5.41, 5.74) is 1.56. The topological polar surface area (TPSA) is 103 Å². The lowest BCUT2D eigenvalue weighted by Gasteiger charge is -2.23. The molecule has 2 atom stereocenters. The Hall–Kier alpha value is -3.26. The van der Waals surface area contributed by atoms with Crippen molar-refractivity contribution in [1.82, 2.24) is 5.32 Å². The third-order valence-corrected chi connectivity index (χ3v) is 4.32. The van der Waals surface area contributed by atoms with Crippen molar-refractivity contribution < 1.29 is 33.6 Å². The zero-order chi connectivity index (χ0) is 20.6. The zero-order valence-corrected chi connectivity index (χ0v) is 16.0. The molecule has 2 unspecified atom stereocenters. The minimum Gasteiger partial charge on any atom is -0.464 e. The van der Waals surface area contributed by atoms with Gasteiger partial charge in [0, 0.05) is 0 Å². The van der Waals surface area contributed by atoms with Crippen molar-refractivity contribution in [2.75, 3.05) is 13.4 Å². The number of hydrogen-bond acceptors (Lipinski definition) is 7. The molecule has 154 valence electrons. The van der Waals surface area contributed by atoms with Gasteiger partial charge in [0.2, 0.25) is 6.79 Å². The highest BCUT2D eigenvalue weighted by atomic mass is 16.7. The number of fused-ring (bicyclic) bond motifs is 1. The summed E-state index contributed by atoms with van der Waals surface area (Å²) in [6.07, 6.45) is -2.13. The van der Waals surface area contributed by atoms with Crippen LogP contribution in [0.4, 0.5) is 4.79 Å². The average Bonchev–Trinajstić information content (AvgIpc) is 3.20. The number of esters is 1. The van der Waals surface area contributed by atoms with E-state index in [-0.39, 0.29) is 26.4 Å². The standard InChI is InChI=1S/C21H23NO7/c1-2-26-20(24)19(23)16(10-15-8-9-17-18(11-15)29-13-28-17)22-21(25)27-12-14-6-4-3-5-7-14/h3-9,11,16,19,23H,2,10,12-13H2,1H3,(H,22,25). The lowest BCUT2D eigenvalue weighted by molar-refractivity contribution is -0.154. The zero-order valence-electron chi connectivity index (χ0n) is 16.0. The number of hydrogen-bond donors (Lipinski definition) is 2. The van der Waals surface area contributed by atoms with E-state index in [1.54, 1.807) is 25.1 Å². The largest absolute Gasteiger partial charge is 0.464 e. The fourth-order valence-corrected chi connectivity index (χ4v) is 2.87. The monoisotopic (exact) mass is 401 g/mol. The number of nitrogens with one attached hydrogen (secondary N) is 1. The number of carbonyl (C=O) groups is 2. The molecule has 2 aromatic rings. The highest BCUT2D eigenvalue weighted by Gasteiger charge is 2.30. The summed E-state index contributed by atoms with van der Waals surface area (Å²) in [5.74, 6) is 0.367. The van der Waals surface area contributed by atoms with Crippen LogP contribution < -0.4 is 14.8 Å². The van der Waals surface area contributed by atoms with Crippen LogP contribution in [0, 0.1) is 0 Å². The van der Waals surface area contributed by atoms with Crippen LogP contribution in [-0.2, 0) is 27.3 Å². The van der Waals surface area contributed by atoms with E-state index in [9.17, 15) is 14.7 Å². The van der Waals surface area contributed by atoms with Crippen molar-refractivity contribution in [3.05, 3.63) is 59.7 Å². The highest BCUT2D eigenvalue weighted by Crippen LogP contribution is 2.32. The molecule has 1 aliphatic heterocycles. The van der Waals surface area contributed by atoms with Gasteiger partial charge in [-0.25, -0.2) is 9.59 Å². The van der Waals surface area contributed by atoms with E-state index in [0.717, 1.165) is 11.1 Å². The molecule has 2 aromatic carbocycles. The number of aliphatic hydroxyl groups is 1. The van der Waals surface area contributed by atoms with Gasteiger partial charge in [-0.2, -0.15) is 0 Å². The van der Waals surface area contributed by atoms with Gasteiger partial charge in [-0.3, -0.25) is 0 Å². The number of rotatable bonds is 8. The molecule has 0 saturated carbocycles. The Bertz CT molecular complexity index is 840. The summed E-state index contributed by atoms with van der Waals surface area (Å²) in [4.78, 5) is 24.3. The Morgan fingerprint density at radius 3 is 2.59 bits per heavy atom. The molecule has 0 fully saturated rings. The van der Waals surface area contributed by atoms with E-state index in [1.165, 1.54) is 0 Å². The first-order valence-electron chi connectivity index (χ1n) is 9.27. The maximum atomic E-state index is 12.2. The second kappa shape index (κ2) is 9.79. The van der Waals surface area contributed by atoms with Crippen LogP contribution in [0.5, 0.6) is 11.5 Å². The first-order chi connectivity index (χ1) is 14.1. The van der Waals surface area contributed by atoms with Gasteiger partial charge in [0.1, 0.15) is 6.61 Å². The van der Waals surface area contributed by atoms with E-state index < -0.39 is 24.2 Å². The molecule has 1 heterocycles. The minimum absolute atomic E-state index is 0.0684. The minimum atomic E-state index is -1.55. The van der Waals surface area contributed by atoms with Crippen molar-refractivity contribution in [2.24, 2.45) is 0 Å². The van der Waals surface area contributed by atoms with Gasteiger partial charge in [0.15, 0.2) is 17.6 Å².